The fourth-order valence-corrected chi connectivity index (χ4v) is 5.16. The van der Waals surface area contributed by atoms with Crippen molar-refractivity contribution in [1.29, 1.82) is 0 Å². The molecular weight excluding hydrogens is 308 g/mol. The number of carbonyl (C=O) groups excluding carboxylic acids is 1. The lowest BCUT2D eigenvalue weighted by Crippen LogP contribution is -2.37. The van der Waals surface area contributed by atoms with Crippen LogP contribution >= 0.6 is 0 Å². The Hall–Kier alpha value is -1.15. The zero-order chi connectivity index (χ0) is 18.0. The largest absolute Gasteiger partial charge is 0.381 e. The Kier molecular flexibility index (Phi) is 5.68. The molecule has 1 saturated heterocycles. The molecule has 25 heavy (non-hydrogen) atoms. The zero-order valence-corrected chi connectivity index (χ0v) is 16.5. The van der Waals surface area contributed by atoms with Crippen molar-refractivity contribution in [3.63, 3.8) is 0 Å². The predicted octanol–water partition coefficient (Wildman–Crippen LogP) is 5.94. The van der Waals surface area contributed by atoms with Crippen LogP contribution < -0.4 is 0 Å². The van der Waals surface area contributed by atoms with E-state index in [0.29, 0.717) is 11.7 Å². The lowest BCUT2D eigenvalue weighted by atomic mass is 9.64. The number of rotatable bonds is 4. The Morgan fingerprint density at radius 3 is 2.28 bits per heavy atom. The first-order valence-corrected chi connectivity index (χ1v) is 10.3. The SMILES string of the molecule is CCC1=CC(C)CC(CC)=C1C1=C(CC)CC2(CCOCC2)CC1=O. The van der Waals surface area contributed by atoms with Crippen LogP contribution in [0.25, 0.3) is 0 Å². The standard InChI is InChI=1S/C23H34O2/c1-5-17-12-16(4)13-18(6-2)21(17)22-19(7-3)14-23(15-20(22)24)8-10-25-11-9-23/h12,16H,5-11,13-15H2,1-4H3. The number of allylic oxidation sites excluding steroid dienone is 6. The van der Waals surface area contributed by atoms with Crippen LogP contribution in [-0.4, -0.2) is 19.0 Å². The van der Waals surface area contributed by atoms with Gasteiger partial charge in [0.15, 0.2) is 5.78 Å². The first kappa shape index (κ1) is 18.6. The van der Waals surface area contributed by atoms with E-state index < -0.39 is 0 Å². The summed E-state index contributed by atoms with van der Waals surface area (Å²) in [5, 5.41) is 0. The summed E-state index contributed by atoms with van der Waals surface area (Å²) < 4.78 is 5.58. The van der Waals surface area contributed by atoms with Crippen molar-refractivity contribution in [1.82, 2.24) is 0 Å². The number of ether oxygens (including phenoxy) is 1. The highest BCUT2D eigenvalue weighted by Crippen LogP contribution is 2.49. The number of Topliss-reactive ketones (excluding diaryl/α,β-unsaturated/α-hetero) is 1. The third-order valence-electron chi connectivity index (χ3n) is 6.52. The average Bonchev–Trinajstić information content (AvgIpc) is 2.61. The van der Waals surface area contributed by atoms with E-state index in [1.54, 1.807) is 0 Å². The highest BCUT2D eigenvalue weighted by Gasteiger charge is 2.42. The van der Waals surface area contributed by atoms with Gasteiger partial charge in [0.05, 0.1) is 0 Å². The summed E-state index contributed by atoms with van der Waals surface area (Å²) in [4.78, 5) is 13.4. The summed E-state index contributed by atoms with van der Waals surface area (Å²) in [6.45, 7) is 10.7. The second-order valence-electron chi connectivity index (χ2n) is 8.28. The molecule has 1 heterocycles. The topological polar surface area (TPSA) is 26.3 Å². The number of carbonyl (C=O) groups is 1. The highest BCUT2D eigenvalue weighted by atomic mass is 16.5. The van der Waals surface area contributed by atoms with Gasteiger partial charge < -0.3 is 4.74 Å². The van der Waals surface area contributed by atoms with Crippen molar-refractivity contribution in [3.8, 4) is 0 Å². The molecule has 0 aromatic rings. The molecule has 1 fully saturated rings. The molecule has 2 aliphatic carbocycles. The van der Waals surface area contributed by atoms with Crippen molar-refractivity contribution < 1.29 is 9.53 Å². The van der Waals surface area contributed by atoms with Gasteiger partial charge >= 0.3 is 0 Å². The maximum atomic E-state index is 13.4. The average molecular weight is 343 g/mol. The molecule has 3 rings (SSSR count). The van der Waals surface area contributed by atoms with E-state index in [1.165, 1.54) is 22.3 Å². The van der Waals surface area contributed by atoms with Gasteiger partial charge in [-0.15, -0.1) is 0 Å². The predicted molar refractivity (Wildman–Crippen MR) is 104 cm³/mol. The molecule has 0 radical (unpaired) electrons. The van der Waals surface area contributed by atoms with E-state index in [2.05, 4.69) is 33.8 Å². The van der Waals surface area contributed by atoms with Gasteiger partial charge in [-0.3, -0.25) is 4.79 Å². The Balaban J connectivity index is 2.07. The van der Waals surface area contributed by atoms with Crippen LogP contribution in [-0.2, 0) is 9.53 Å². The maximum Gasteiger partial charge on any atom is 0.164 e. The molecule has 1 aliphatic heterocycles. The fraction of sp³-hybridized carbons (Fsp3) is 0.696. The van der Waals surface area contributed by atoms with E-state index in [4.69, 9.17) is 4.74 Å². The van der Waals surface area contributed by atoms with E-state index in [0.717, 1.165) is 70.2 Å². The van der Waals surface area contributed by atoms with Gasteiger partial charge in [0, 0.05) is 25.2 Å². The monoisotopic (exact) mass is 342 g/mol. The van der Waals surface area contributed by atoms with Crippen LogP contribution in [0.4, 0.5) is 0 Å². The van der Waals surface area contributed by atoms with E-state index in [9.17, 15) is 4.79 Å². The molecule has 0 amide bonds. The second kappa shape index (κ2) is 7.61. The Morgan fingerprint density at radius 2 is 1.68 bits per heavy atom. The van der Waals surface area contributed by atoms with Crippen molar-refractivity contribution >= 4 is 5.78 Å². The zero-order valence-electron chi connectivity index (χ0n) is 16.5. The minimum Gasteiger partial charge on any atom is -0.381 e. The van der Waals surface area contributed by atoms with Crippen molar-refractivity contribution in [2.45, 2.75) is 79.1 Å². The summed E-state index contributed by atoms with van der Waals surface area (Å²) in [7, 11) is 0. The highest BCUT2D eigenvalue weighted by molar-refractivity contribution is 6.03. The summed E-state index contributed by atoms with van der Waals surface area (Å²) >= 11 is 0. The van der Waals surface area contributed by atoms with Crippen molar-refractivity contribution in [3.05, 3.63) is 33.9 Å². The third kappa shape index (κ3) is 3.56. The van der Waals surface area contributed by atoms with Gasteiger partial charge in [-0.25, -0.2) is 0 Å². The van der Waals surface area contributed by atoms with Gasteiger partial charge in [-0.05, 0) is 67.4 Å². The minimum atomic E-state index is 0.176. The van der Waals surface area contributed by atoms with Crippen LogP contribution in [0.15, 0.2) is 33.9 Å². The number of hydrogen-bond acceptors (Lipinski definition) is 2. The maximum absolute atomic E-state index is 13.4. The third-order valence-corrected chi connectivity index (χ3v) is 6.52. The second-order valence-corrected chi connectivity index (χ2v) is 8.28. The summed E-state index contributed by atoms with van der Waals surface area (Å²) in [5.41, 5.74) is 6.95. The van der Waals surface area contributed by atoms with E-state index in [-0.39, 0.29) is 5.41 Å². The molecule has 3 aliphatic rings. The molecule has 1 atom stereocenters. The summed E-state index contributed by atoms with van der Waals surface area (Å²) in [5.74, 6) is 1.000. The van der Waals surface area contributed by atoms with E-state index in [1.807, 2.05) is 0 Å². The van der Waals surface area contributed by atoms with Gasteiger partial charge in [0.25, 0.3) is 0 Å². The normalized spacial score (nSPS) is 27.1. The first-order chi connectivity index (χ1) is 12.0. The molecule has 2 heteroatoms. The Labute approximate surface area is 153 Å². The van der Waals surface area contributed by atoms with Crippen molar-refractivity contribution in [2.24, 2.45) is 11.3 Å². The van der Waals surface area contributed by atoms with Crippen LogP contribution in [0.1, 0.15) is 79.1 Å². The van der Waals surface area contributed by atoms with Gasteiger partial charge in [0.1, 0.15) is 0 Å². The summed E-state index contributed by atoms with van der Waals surface area (Å²) in [6, 6.07) is 0. The summed E-state index contributed by atoms with van der Waals surface area (Å²) in [6.07, 6.45) is 10.5. The Morgan fingerprint density at radius 1 is 1.00 bits per heavy atom. The minimum absolute atomic E-state index is 0.176. The van der Waals surface area contributed by atoms with Crippen LogP contribution in [0.3, 0.4) is 0 Å². The molecule has 0 aromatic heterocycles. The van der Waals surface area contributed by atoms with Gasteiger partial charge in [-0.1, -0.05) is 44.9 Å². The molecular formula is C23H34O2. The van der Waals surface area contributed by atoms with E-state index >= 15 is 0 Å². The quantitative estimate of drug-likeness (QED) is 0.632. The molecule has 0 saturated carbocycles. The molecule has 2 nitrogen and oxygen atoms in total. The molecule has 0 aromatic carbocycles. The molecule has 138 valence electrons. The lowest BCUT2D eigenvalue weighted by molar-refractivity contribution is -0.120. The van der Waals surface area contributed by atoms with Crippen LogP contribution in [0.5, 0.6) is 0 Å². The smallest absolute Gasteiger partial charge is 0.164 e. The fourth-order valence-electron chi connectivity index (χ4n) is 5.16. The molecule has 1 spiro atoms. The molecule has 0 bridgehead atoms. The van der Waals surface area contributed by atoms with Gasteiger partial charge in [0.2, 0.25) is 0 Å². The lowest BCUT2D eigenvalue weighted by Gasteiger charge is -2.42. The molecule has 0 N–H and O–H groups in total. The number of ketones is 1. The Bertz CT molecular complexity index is 626. The van der Waals surface area contributed by atoms with Crippen LogP contribution in [0.2, 0.25) is 0 Å². The number of hydrogen-bond donors (Lipinski definition) is 0. The van der Waals surface area contributed by atoms with Gasteiger partial charge in [-0.2, -0.15) is 0 Å². The van der Waals surface area contributed by atoms with Crippen LogP contribution in [0, 0.1) is 11.3 Å². The van der Waals surface area contributed by atoms with Crippen molar-refractivity contribution in [2.75, 3.05) is 13.2 Å². The first-order valence-electron chi connectivity index (χ1n) is 10.3. The molecule has 1 unspecified atom stereocenters.